The Morgan fingerprint density at radius 1 is 1.30 bits per heavy atom. The Labute approximate surface area is 121 Å². The minimum absolute atomic E-state index is 0.0735. The SMILES string of the molecule is CNC(C)(C)C(=O)Nc1ccc(Sc2ncn[nH]2)cc1. The molecule has 0 fully saturated rings. The lowest BCUT2D eigenvalue weighted by atomic mass is 10.1. The highest BCUT2D eigenvalue weighted by Crippen LogP contribution is 2.25. The molecule has 1 aromatic carbocycles. The van der Waals surface area contributed by atoms with Gasteiger partial charge in [-0.25, -0.2) is 4.98 Å². The normalized spacial score (nSPS) is 11.3. The standard InChI is InChI=1S/C13H17N5OS/c1-13(2,14-3)11(19)17-9-4-6-10(7-5-9)20-12-15-8-16-18-12/h4-8,14H,1-3H3,(H,17,19)(H,15,16,18). The Balaban J connectivity index is 2.00. The molecule has 0 aliphatic carbocycles. The Morgan fingerprint density at radius 2 is 2.00 bits per heavy atom. The fourth-order valence-corrected chi connectivity index (χ4v) is 2.06. The Morgan fingerprint density at radius 3 is 2.55 bits per heavy atom. The highest BCUT2D eigenvalue weighted by molar-refractivity contribution is 7.99. The maximum absolute atomic E-state index is 12.0. The smallest absolute Gasteiger partial charge is 0.244 e. The van der Waals surface area contributed by atoms with Gasteiger partial charge in [-0.2, -0.15) is 5.10 Å². The first-order valence-corrected chi connectivity index (χ1v) is 6.96. The fourth-order valence-electron chi connectivity index (χ4n) is 1.36. The van der Waals surface area contributed by atoms with E-state index in [1.807, 2.05) is 38.1 Å². The van der Waals surface area contributed by atoms with Crippen molar-refractivity contribution in [2.45, 2.75) is 29.4 Å². The molecule has 2 aromatic rings. The van der Waals surface area contributed by atoms with Crippen molar-refractivity contribution in [3.8, 4) is 0 Å². The first-order chi connectivity index (χ1) is 9.51. The summed E-state index contributed by atoms with van der Waals surface area (Å²) in [5.41, 5.74) is 0.160. The van der Waals surface area contributed by atoms with Gasteiger partial charge in [-0.3, -0.25) is 9.89 Å². The number of carbonyl (C=O) groups is 1. The van der Waals surface area contributed by atoms with Gasteiger partial charge in [-0.1, -0.05) is 11.8 Å². The molecule has 20 heavy (non-hydrogen) atoms. The third-order valence-corrected chi connectivity index (χ3v) is 3.81. The van der Waals surface area contributed by atoms with Crippen LogP contribution in [0.5, 0.6) is 0 Å². The zero-order valence-corrected chi connectivity index (χ0v) is 12.4. The van der Waals surface area contributed by atoms with Crippen LogP contribution in [0.15, 0.2) is 40.6 Å². The molecule has 0 saturated carbocycles. The molecule has 3 N–H and O–H groups in total. The number of benzene rings is 1. The van der Waals surface area contributed by atoms with Crippen LogP contribution in [-0.4, -0.2) is 33.7 Å². The quantitative estimate of drug-likeness (QED) is 0.783. The Hall–Kier alpha value is -1.86. The van der Waals surface area contributed by atoms with E-state index in [-0.39, 0.29) is 5.91 Å². The Bertz CT molecular complexity index is 565. The van der Waals surface area contributed by atoms with E-state index in [2.05, 4.69) is 25.8 Å². The second kappa shape index (κ2) is 6.06. The number of amides is 1. The summed E-state index contributed by atoms with van der Waals surface area (Å²) in [6, 6.07) is 7.58. The molecular weight excluding hydrogens is 274 g/mol. The topological polar surface area (TPSA) is 82.7 Å². The van der Waals surface area contributed by atoms with Gasteiger partial charge in [0.1, 0.15) is 6.33 Å². The van der Waals surface area contributed by atoms with Crippen molar-refractivity contribution >= 4 is 23.4 Å². The molecule has 6 nitrogen and oxygen atoms in total. The molecule has 0 saturated heterocycles. The number of nitrogens with zero attached hydrogens (tertiary/aromatic N) is 2. The molecule has 0 spiro atoms. The highest BCUT2D eigenvalue weighted by atomic mass is 32.2. The summed E-state index contributed by atoms with van der Waals surface area (Å²) in [6.07, 6.45) is 1.47. The molecule has 106 valence electrons. The van der Waals surface area contributed by atoms with Crippen molar-refractivity contribution in [3.05, 3.63) is 30.6 Å². The summed E-state index contributed by atoms with van der Waals surface area (Å²) in [7, 11) is 1.76. The van der Waals surface area contributed by atoms with Gasteiger partial charge in [0, 0.05) is 10.6 Å². The van der Waals surface area contributed by atoms with E-state index in [9.17, 15) is 4.79 Å². The van der Waals surface area contributed by atoms with Gasteiger partial charge in [-0.05, 0) is 45.2 Å². The van der Waals surface area contributed by atoms with Crippen LogP contribution < -0.4 is 10.6 Å². The third kappa shape index (κ3) is 3.58. The van der Waals surface area contributed by atoms with Gasteiger partial charge >= 0.3 is 0 Å². The number of H-pyrrole nitrogens is 1. The molecule has 0 radical (unpaired) electrons. The van der Waals surface area contributed by atoms with Gasteiger partial charge in [-0.15, -0.1) is 0 Å². The first kappa shape index (κ1) is 14.5. The maximum atomic E-state index is 12.0. The summed E-state index contributed by atoms with van der Waals surface area (Å²) in [5.74, 6) is -0.0735. The van der Waals surface area contributed by atoms with Gasteiger partial charge in [0.15, 0.2) is 5.16 Å². The third-order valence-electron chi connectivity index (χ3n) is 2.91. The van der Waals surface area contributed by atoms with E-state index in [1.54, 1.807) is 7.05 Å². The molecule has 0 bridgehead atoms. The van der Waals surface area contributed by atoms with E-state index < -0.39 is 5.54 Å². The number of anilines is 1. The second-order valence-corrected chi connectivity index (χ2v) is 5.81. The molecule has 0 aliphatic rings. The van der Waals surface area contributed by atoms with Crippen LogP contribution in [0.4, 0.5) is 5.69 Å². The number of hydrogen-bond acceptors (Lipinski definition) is 5. The molecule has 7 heteroatoms. The van der Waals surface area contributed by atoms with E-state index in [1.165, 1.54) is 18.1 Å². The van der Waals surface area contributed by atoms with Crippen molar-refractivity contribution in [1.29, 1.82) is 0 Å². The number of rotatable bonds is 5. The fraction of sp³-hybridized carbons (Fsp3) is 0.308. The van der Waals surface area contributed by atoms with Gasteiger partial charge in [0.2, 0.25) is 5.91 Å². The summed E-state index contributed by atoms with van der Waals surface area (Å²) in [5, 5.41) is 13.1. The van der Waals surface area contributed by atoms with Crippen molar-refractivity contribution in [2.75, 3.05) is 12.4 Å². The highest BCUT2D eigenvalue weighted by Gasteiger charge is 2.24. The van der Waals surface area contributed by atoms with Crippen LogP contribution in [0.25, 0.3) is 0 Å². The lowest BCUT2D eigenvalue weighted by Crippen LogP contribution is -2.47. The first-order valence-electron chi connectivity index (χ1n) is 6.15. The summed E-state index contributed by atoms with van der Waals surface area (Å²) < 4.78 is 0. The van der Waals surface area contributed by atoms with Gasteiger partial charge in [0.25, 0.3) is 0 Å². The van der Waals surface area contributed by atoms with E-state index in [4.69, 9.17) is 0 Å². The van der Waals surface area contributed by atoms with Crippen LogP contribution in [0, 0.1) is 0 Å². The zero-order valence-electron chi connectivity index (χ0n) is 11.6. The number of aromatic amines is 1. The van der Waals surface area contributed by atoms with Crippen LogP contribution in [0.1, 0.15) is 13.8 Å². The molecule has 2 rings (SSSR count). The molecule has 0 atom stereocenters. The van der Waals surface area contributed by atoms with E-state index in [0.29, 0.717) is 0 Å². The number of nitrogens with one attached hydrogen (secondary N) is 3. The van der Waals surface area contributed by atoms with Crippen LogP contribution >= 0.6 is 11.8 Å². The van der Waals surface area contributed by atoms with Crippen molar-refractivity contribution in [3.63, 3.8) is 0 Å². The van der Waals surface area contributed by atoms with E-state index in [0.717, 1.165) is 15.7 Å². The van der Waals surface area contributed by atoms with E-state index >= 15 is 0 Å². The average Bonchev–Trinajstić information content (AvgIpc) is 2.94. The second-order valence-electron chi connectivity index (χ2n) is 4.75. The zero-order chi connectivity index (χ0) is 14.6. The van der Waals surface area contributed by atoms with Crippen LogP contribution in [0.2, 0.25) is 0 Å². The number of hydrogen-bond donors (Lipinski definition) is 3. The van der Waals surface area contributed by atoms with Gasteiger partial charge in [0.05, 0.1) is 5.54 Å². The monoisotopic (exact) mass is 291 g/mol. The van der Waals surface area contributed by atoms with Crippen LogP contribution in [0.3, 0.4) is 0 Å². The van der Waals surface area contributed by atoms with Crippen molar-refractivity contribution < 1.29 is 4.79 Å². The molecule has 1 heterocycles. The predicted molar refractivity (Wildman–Crippen MR) is 78.7 cm³/mol. The van der Waals surface area contributed by atoms with Crippen LogP contribution in [-0.2, 0) is 4.79 Å². The van der Waals surface area contributed by atoms with Gasteiger partial charge < -0.3 is 10.6 Å². The lowest BCUT2D eigenvalue weighted by molar-refractivity contribution is -0.121. The average molecular weight is 291 g/mol. The maximum Gasteiger partial charge on any atom is 0.244 e. The minimum atomic E-state index is -0.604. The summed E-state index contributed by atoms with van der Waals surface area (Å²) >= 11 is 1.48. The van der Waals surface area contributed by atoms with Crippen molar-refractivity contribution in [1.82, 2.24) is 20.5 Å². The molecule has 1 amide bonds. The summed E-state index contributed by atoms with van der Waals surface area (Å²) in [6.45, 7) is 3.66. The Kier molecular flexibility index (Phi) is 4.41. The predicted octanol–water partition coefficient (Wildman–Crippen LogP) is 1.89. The number of carbonyl (C=O) groups excluding carboxylic acids is 1. The number of likely N-dealkylation sites (N-methyl/N-ethyl adjacent to an activating group) is 1. The lowest BCUT2D eigenvalue weighted by Gasteiger charge is -2.22. The molecule has 0 aliphatic heterocycles. The summed E-state index contributed by atoms with van der Waals surface area (Å²) in [4.78, 5) is 17.1. The number of aromatic nitrogens is 3. The minimum Gasteiger partial charge on any atom is -0.325 e. The van der Waals surface area contributed by atoms with Crippen molar-refractivity contribution in [2.24, 2.45) is 0 Å². The molecule has 1 aromatic heterocycles. The molecule has 0 unspecified atom stereocenters. The molecular formula is C13H17N5OS. The largest absolute Gasteiger partial charge is 0.325 e.